The predicted molar refractivity (Wildman–Crippen MR) is 103 cm³/mol. The summed E-state index contributed by atoms with van der Waals surface area (Å²) in [5.74, 6) is -2.68. The molecule has 1 unspecified atom stereocenters. The fraction of sp³-hybridized carbons (Fsp3) is 0.316. The van der Waals surface area contributed by atoms with E-state index in [1.807, 2.05) is 13.1 Å². The number of sulfonamides is 1. The topological polar surface area (TPSA) is 101 Å². The third kappa shape index (κ3) is 5.05. The van der Waals surface area contributed by atoms with Gasteiger partial charge in [0.15, 0.2) is 11.6 Å². The summed E-state index contributed by atoms with van der Waals surface area (Å²) in [4.78, 5) is 6.42. The average Bonchev–Trinajstić information content (AvgIpc) is 3.33. The van der Waals surface area contributed by atoms with Crippen LogP contribution in [-0.2, 0) is 17.1 Å². The molecule has 0 bridgehead atoms. The first kappa shape index (κ1) is 23.6. The first-order chi connectivity index (χ1) is 14.3. The second-order valence-electron chi connectivity index (χ2n) is 6.92. The van der Waals surface area contributed by atoms with Crippen LogP contribution in [0.4, 0.5) is 14.6 Å². The Hall–Kier alpha value is -2.08. The van der Waals surface area contributed by atoms with Gasteiger partial charge in [-0.1, -0.05) is 0 Å². The van der Waals surface area contributed by atoms with E-state index in [9.17, 15) is 17.2 Å². The van der Waals surface area contributed by atoms with Crippen LogP contribution < -0.4 is 34.3 Å². The first-order valence-corrected chi connectivity index (χ1v) is 10.7. The standard InChI is InChI=1S/C19H18F2N5O3S.Na/c1-26-15(5-8-24-26)12-3-2-4-16(12)29-17-9-14(21)18(10-13(17)20)30(27,28)25-19-6-7-22-11-23-19;/h5-12,16H,2-4H2,1H3;/q-1;+1/t12?,16-;/m0./s1. The van der Waals surface area contributed by atoms with Gasteiger partial charge in [0.1, 0.15) is 16.8 Å². The van der Waals surface area contributed by atoms with Gasteiger partial charge in [0, 0.05) is 43.4 Å². The van der Waals surface area contributed by atoms with Gasteiger partial charge in [0.25, 0.3) is 0 Å². The van der Waals surface area contributed by atoms with Crippen LogP contribution in [0.2, 0.25) is 0 Å². The van der Waals surface area contributed by atoms with Crippen LogP contribution in [0.3, 0.4) is 0 Å². The number of aromatic nitrogens is 4. The molecule has 2 atom stereocenters. The van der Waals surface area contributed by atoms with E-state index in [1.165, 1.54) is 12.3 Å². The molecule has 1 aromatic carbocycles. The summed E-state index contributed by atoms with van der Waals surface area (Å²) in [5, 5.41) is 4.15. The zero-order chi connectivity index (χ0) is 21.3. The number of aryl methyl sites for hydroxylation is 1. The monoisotopic (exact) mass is 457 g/mol. The van der Waals surface area contributed by atoms with Crippen molar-refractivity contribution < 1.29 is 51.5 Å². The molecule has 1 saturated carbocycles. The van der Waals surface area contributed by atoms with Gasteiger partial charge >= 0.3 is 29.6 Å². The number of nitrogens with zero attached hydrogens (tertiary/aromatic N) is 5. The van der Waals surface area contributed by atoms with Crippen molar-refractivity contribution in [3.8, 4) is 5.75 Å². The molecule has 8 nitrogen and oxygen atoms in total. The summed E-state index contributed by atoms with van der Waals surface area (Å²) in [6.07, 6.45) is 6.06. The largest absolute Gasteiger partial charge is 1.00 e. The van der Waals surface area contributed by atoms with E-state index in [1.54, 1.807) is 10.9 Å². The Morgan fingerprint density at radius 3 is 2.65 bits per heavy atom. The maximum Gasteiger partial charge on any atom is 1.00 e. The molecule has 3 aromatic rings. The molecule has 31 heavy (non-hydrogen) atoms. The predicted octanol–water partition coefficient (Wildman–Crippen LogP) is 0.601. The van der Waals surface area contributed by atoms with Gasteiger partial charge < -0.3 is 14.4 Å². The van der Waals surface area contributed by atoms with Gasteiger partial charge in [-0.2, -0.15) is 5.10 Å². The Bertz CT molecular complexity index is 1160. The van der Waals surface area contributed by atoms with Crippen molar-refractivity contribution in [1.82, 2.24) is 19.7 Å². The number of ether oxygens (including phenoxy) is 1. The summed E-state index contributed by atoms with van der Waals surface area (Å²) < 4.78 is 65.0. The van der Waals surface area contributed by atoms with Crippen LogP contribution in [-0.4, -0.2) is 34.3 Å². The van der Waals surface area contributed by atoms with Gasteiger partial charge in [-0.25, -0.2) is 17.2 Å². The minimum Gasteiger partial charge on any atom is -0.487 e. The second kappa shape index (κ2) is 9.60. The van der Waals surface area contributed by atoms with Crippen molar-refractivity contribution in [2.75, 3.05) is 0 Å². The first-order valence-electron chi connectivity index (χ1n) is 9.23. The van der Waals surface area contributed by atoms with Crippen molar-refractivity contribution in [2.24, 2.45) is 7.05 Å². The summed E-state index contributed by atoms with van der Waals surface area (Å²) >= 11 is 0. The molecule has 12 heteroatoms. The zero-order valence-electron chi connectivity index (χ0n) is 16.9. The fourth-order valence-corrected chi connectivity index (χ4v) is 4.64. The molecule has 0 saturated heterocycles. The smallest absolute Gasteiger partial charge is 0.487 e. The van der Waals surface area contributed by atoms with Crippen LogP contribution in [0.25, 0.3) is 4.72 Å². The van der Waals surface area contributed by atoms with Crippen LogP contribution in [0.15, 0.2) is 47.9 Å². The van der Waals surface area contributed by atoms with Crippen LogP contribution in [0.1, 0.15) is 30.9 Å². The summed E-state index contributed by atoms with van der Waals surface area (Å²) in [5.41, 5.74) is 0.946. The van der Waals surface area contributed by atoms with Crippen molar-refractivity contribution >= 4 is 15.8 Å². The molecular formula is C19H18F2N5NaO3S. The molecule has 2 aromatic heterocycles. The normalized spacial score (nSPS) is 18.4. The van der Waals surface area contributed by atoms with Gasteiger partial charge in [0.05, 0.1) is 0 Å². The molecule has 0 N–H and O–H groups in total. The van der Waals surface area contributed by atoms with Gasteiger partial charge in [-0.3, -0.25) is 9.67 Å². The SMILES string of the molecule is Cn1nccc1C1CCC[C@@H]1Oc1cc(F)c(S(=O)(=O)[N-]c2ccncn2)cc1F.[Na+]. The Morgan fingerprint density at radius 1 is 1.16 bits per heavy atom. The number of halogens is 2. The van der Waals surface area contributed by atoms with Gasteiger partial charge in [-0.15, -0.1) is 0 Å². The molecule has 1 aliphatic rings. The van der Waals surface area contributed by atoms with Crippen molar-refractivity contribution in [1.29, 1.82) is 0 Å². The molecule has 1 fully saturated rings. The maximum atomic E-state index is 14.7. The molecule has 1 aliphatic carbocycles. The van der Waals surface area contributed by atoms with E-state index in [4.69, 9.17) is 4.74 Å². The number of benzene rings is 1. The van der Waals surface area contributed by atoms with Crippen LogP contribution in [0, 0.1) is 11.6 Å². The van der Waals surface area contributed by atoms with E-state index >= 15 is 0 Å². The fourth-order valence-electron chi connectivity index (χ4n) is 3.62. The summed E-state index contributed by atoms with van der Waals surface area (Å²) in [7, 11) is -2.70. The molecule has 0 amide bonds. The molecule has 0 radical (unpaired) electrons. The van der Waals surface area contributed by atoms with Crippen LogP contribution in [0.5, 0.6) is 5.75 Å². The van der Waals surface area contributed by atoms with Crippen LogP contribution >= 0.6 is 0 Å². The molecule has 0 aliphatic heterocycles. The minimum atomic E-state index is -4.51. The number of rotatable bonds is 6. The molecule has 4 rings (SSSR count). The van der Waals surface area contributed by atoms with E-state index < -0.39 is 26.6 Å². The third-order valence-corrected chi connectivity index (χ3v) is 6.31. The van der Waals surface area contributed by atoms with E-state index in [-0.39, 0.29) is 53.1 Å². The zero-order valence-corrected chi connectivity index (χ0v) is 19.8. The number of hydrogen-bond acceptors (Lipinski definition) is 6. The Balaban J connectivity index is 0.00000272. The molecule has 158 valence electrons. The number of hydrogen-bond donors (Lipinski definition) is 0. The summed E-state index contributed by atoms with van der Waals surface area (Å²) in [6, 6.07) is 4.44. The third-order valence-electron chi connectivity index (χ3n) is 5.01. The molecule has 0 spiro atoms. The van der Waals surface area contributed by atoms with Gasteiger partial charge in [0.2, 0.25) is 10.0 Å². The quantitative estimate of drug-likeness (QED) is 0.503. The summed E-state index contributed by atoms with van der Waals surface area (Å²) in [6.45, 7) is 0. The minimum absolute atomic E-state index is 0. The molecule has 2 heterocycles. The van der Waals surface area contributed by atoms with E-state index in [0.29, 0.717) is 12.5 Å². The van der Waals surface area contributed by atoms with Crippen molar-refractivity contribution in [3.05, 3.63) is 65.0 Å². The Morgan fingerprint density at radius 2 is 1.97 bits per heavy atom. The molecular weight excluding hydrogens is 439 g/mol. The average molecular weight is 457 g/mol. The Labute approximate surface area is 200 Å². The Kier molecular flexibility index (Phi) is 7.30. The van der Waals surface area contributed by atoms with E-state index in [2.05, 4.69) is 19.8 Å². The van der Waals surface area contributed by atoms with Gasteiger partial charge in [-0.05, 0) is 43.3 Å². The maximum absolute atomic E-state index is 14.7. The second-order valence-corrected chi connectivity index (χ2v) is 8.49. The van der Waals surface area contributed by atoms with E-state index in [0.717, 1.165) is 30.9 Å². The van der Waals surface area contributed by atoms with Crippen molar-refractivity contribution in [2.45, 2.75) is 36.2 Å². The van der Waals surface area contributed by atoms with Crippen molar-refractivity contribution in [3.63, 3.8) is 0 Å².